The number of hydrogen-bond acceptors (Lipinski definition) is 4. The van der Waals surface area contributed by atoms with E-state index in [9.17, 15) is 14.4 Å². The Morgan fingerprint density at radius 2 is 1.84 bits per heavy atom. The number of allylic oxidation sites excluding steroid dienone is 3. The zero-order chi connectivity index (χ0) is 17.3. The molecule has 4 atom stereocenters. The van der Waals surface area contributed by atoms with Gasteiger partial charge in [-0.2, -0.15) is 0 Å². The Labute approximate surface area is 142 Å². The van der Waals surface area contributed by atoms with Gasteiger partial charge in [-0.3, -0.25) is 0 Å². The molecule has 0 spiro atoms. The van der Waals surface area contributed by atoms with Gasteiger partial charge in [0.2, 0.25) is 0 Å². The van der Waals surface area contributed by atoms with Crippen molar-refractivity contribution in [3.05, 3.63) is 75.6 Å². The van der Waals surface area contributed by atoms with Crippen molar-refractivity contribution >= 4 is 5.97 Å². The van der Waals surface area contributed by atoms with Gasteiger partial charge in [-0.05, 0) is 18.2 Å². The van der Waals surface area contributed by atoms with E-state index in [2.05, 4.69) is 0 Å². The quantitative estimate of drug-likeness (QED) is 0.594. The molecule has 2 aliphatic carbocycles. The number of benzene rings is 1. The third-order valence-corrected chi connectivity index (χ3v) is 5.54. The number of methoxy groups -OCH3 is 1. The molecule has 126 valence electrons. The molecule has 0 fully saturated rings. The molecule has 0 saturated carbocycles. The second kappa shape index (κ2) is 4.50. The fourth-order valence-electron chi connectivity index (χ4n) is 4.36. The lowest BCUT2D eigenvalue weighted by Crippen LogP contribution is -2.64. The number of aromatic nitrogens is 3. The predicted octanol–water partition coefficient (Wildman–Crippen LogP) is 0.596. The average Bonchev–Trinajstić information content (AvgIpc) is 2.87. The highest BCUT2D eigenvalue weighted by molar-refractivity contribution is 5.83. The highest BCUT2D eigenvalue weighted by Crippen LogP contribution is 2.53. The van der Waals surface area contributed by atoms with Crippen LogP contribution in [0, 0.1) is 11.8 Å². The van der Waals surface area contributed by atoms with Gasteiger partial charge in [0.05, 0.1) is 18.8 Å². The Morgan fingerprint density at radius 1 is 1.08 bits per heavy atom. The number of para-hydroxylation sites is 1. The van der Waals surface area contributed by atoms with Crippen LogP contribution in [-0.2, 0) is 15.1 Å². The van der Waals surface area contributed by atoms with E-state index in [1.165, 1.54) is 16.5 Å². The average molecular weight is 337 g/mol. The standard InChI is InChI=1S/C18H15N3O4/c1-25-15(22)18-10-9-14(12-7-8-13(12)18)20-16(23)19(17(24)21(18)20)11-5-3-2-4-6-11/h2-10,12-14H,1H3/t12-,13-,14+,18-/m0/s1. The summed E-state index contributed by atoms with van der Waals surface area (Å²) in [6, 6.07) is 8.46. The number of rotatable bonds is 2. The Kier molecular flexibility index (Phi) is 2.57. The normalized spacial score (nSPS) is 30.5. The van der Waals surface area contributed by atoms with Gasteiger partial charge >= 0.3 is 17.3 Å². The minimum absolute atomic E-state index is 0.00724. The molecule has 7 heteroatoms. The van der Waals surface area contributed by atoms with Crippen LogP contribution in [0.1, 0.15) is 6.04 Å². The molecule has 2 aliphatic heterocycles. The van der Waals surface area contributed by atoms with Crippen LogP contribution < -0.4 is 11.4 Å². The largest absolute Gasteiger partial charge is 0.467 e. The van der Waals surface area contributed by atoms with Crippen molar-refractivity contribution in [2.75, 3.05) is 7.11 Å². The summed E-state index contributed by atoms with van der Waals surface area (Å²) in [6.07, 6.45) is 7.44. The smallest absolute Gasteiger partial charge is 0.353 e. The van der Waals surface area contributed by atoms with E-state index in [0.29, 0.717) is 5.69 Å². The summed E-state index contributed by atoms with van der Waals surface area (Å²) in [5.74, 6) is -0.714. The van der Waals surface area contributed by atoms with Crippen LogP contribution in [-0.4, -0.2) is 27.0 Å². The maximum Gasteiger partial charge on any atom is 0.353 e. The van der Waals surface area contributed by atoms with Crippen molar-refractivity contribution in [3.63, 3.8) is 0 Å². The van der Waals surface area contributed by atoms with Crippen molar-refractivity contribution in [1.82, 2.24) is 13.9 Å². The van der Waals surface area contributed by atoms with E-state index < -0.39 is 22.9 Å². The number of esters is 1. The zero-order valence-electron chi connectivity index (χ0n) is 13.4. The van der Waals surface area contributed by atoms with Crippen LogP contribution in [0.25, 0.3) is 5.69 Å². The number of hydrogen-bond donors (Lipinski definition) is 0. The molecule has 25 heavy (non-hydrogen) atoms. The van der Waals surface area contributed by atoms with Gasteiger partial charge in [-0.25, -0.2) is 28.3 Å². The van der Waals surface area contributed by atoms with Gasteiger partial charge in [0.15, 0.2) is 5.54 Å². The SMILES string of the molecule is COC(=O)[C@]12C=C[C@H]([C@H]3C=C[C@@H]31)n1c(=O)n(-c3ccccc3)c(=O)n12. The molecule has 2 bridgehead atoms. The van der Waals surface area contributed by atoms with E-state index in [1.807, 2.05) is 24.3 Å². The Bertz CT molecular complexity index is 1070. The van der Waals surface area contributed by atoms with E-state index in [4.69, 9.17) is 4.74 Å². The molecule has 3 heterocycles. The maximum atomic E-state index is 13.2. The van der Waals surface area contributed by atoms with Crippen LogP contribution in [0.3, 0.4) is 0 Å². The molecule has 7 nitrogen and oxygen atoms in total. The molecule has 0 amide bonds. The highest BCUT2D eigenvalue weighted by atomic mass is 16.5. The van der Waals surface area contributed by atoms with E-state index in [0.717, 1.165) is 4.57 Å². The Balaban J connectivity index is 1.88. The zero-order valence-corrected chi connectivity index (χ0v) is 13.4. The van der Waals surface area contributed by atoms with Gasteiger partial charge < -0.3 is 4.74 Å². The number of carbonyl (C=O) groups is 1. The third-order valence-electron chi connectivity index (χ3n) is 5.54. The summed E-state index contributed by atoms with van der Waals surface area (Å²) < 4.78 is 8.81. The van der Waals surface area contributed by atoms with Gasteiger partial charge in [0.1, 0.15) is 0 Å². The summed E-state index contributed by atoms with van der Waals surface area (Å²) in [5.41, 5.74) is -1.81. The van der Waals surface area contributed by atoms with Gasteiger partial charge in [0, 0.05) is 11.8 Å². The van der Waals surface area contributed by atoms with Crippen LogP contribution in [0.2, 0.25) is 0 Å². The molecule has 1 aromatic heterocycles. The Morgan fingerprint density at radius 3 is 2.48 bits per heavy atom. The topological polar surface area (TPSA) is 75.2 Å². The lowest BCUT2D eigenvalue weighted by molar-refractivity contribution is -0.156. The molecule has 0 unspecified atom stereocenters. The molecular weight excluding hydrogens is 322 g/mol. The summed E-state index contributed by atoms with van der Waals surface area (Å²) in [6.45, 7) is 0. The number of carbonyl (C=O) groups excluding carboxylic acids is 1. The van der Waals surface area contributed by atoms with Crippen LogP contribution in [0.15, 0.2) is 64.2 Å². The molecule has 4 aliphatic rings. The van der Waals surface area contributed by atoms with Crippen molar-refractivity contribution in [1.29, 1.82) is 0 Å². The van der Waals surface area contributed by atoms with E-state index >= 15 is 0 Å². The first-order valence-electron chi connectivity index (χ1n) is 8.10. The summed E-state index contributed by atoms with van der Waals surface area (Å²) in [7, 11) is 1.30. The minimum Gasteiger partial charge on any atom is -0.467 e. The van der Waals surface area contributed by atoms with Gasteiger partial charge in [0.25, 0.3) is 0 Å². The first-order chi connectivity index (χ1) is 12.1. The maximum absolute atomic E-state index is 13.2. The van der Waals surface area contributed by atoms with Gasteiger partial charge in [-0.1, -0.05) is 36.4 Å². The molecule has 1 aromatic carbocycles. The van der Waals surface area contributed by atoms with Crippen LogP contribution in [0.5, 0.6) is 0 Å². The van der Waals surface area contributed by atoms with E-state index in [1.54, 1.807) is 30.3 Å². The van der Waals surface area contributed by atoms with Crippen LogP contribution in [0.4, 0.5) is 0 Å². The van der Waals surface area contributed by atoms with Gasteiger partial charge in [-0.15, -0.1) is 0 Å². The molecule has 0 saturated heterocycles. The van der Waals surface area contributed by atoms with Crippen molar-refractivity contribution in [2.24, 2.45) is 11.8 Å². The molecule has 0 radical (unpaired) electrons. The van der Waals surface area contributed by atoms with E-state index in [-0.39, 0.29) is 17.9 Å². The van der Waals surface area contributed by atoms with Crippen LogP contribution >= 0.6 is 0 Å². The summed E-state index contributed by atoms with van der Waals surface area (Å²) in [5, 5.41) is 0. The predicted molar refractivity (Wildman–Crippen MR) is 88.6 cm³/mol. The lowest BCUT2D eigenvalue weighted by Gasteiger charge is -2.53. The molecular formula is C18H15N3O4. The minimum atomic E-state index is -1.31. The molecule has 0 N–H and O–H groups in total. The molecule has 6 rings (SSSR count). The van der Waals surface area contributed by atoms with Crippen molar-refractivity contribution in [2.45, 2.75) is 11.6 Å². The monoisotopic (exact) mass is 337 g/mol. The van der Waals surface area contributed by atoms with Crippen molar-refractivity contribution in [3.8, 4) is 5.69 Å². The van der Waals surface area contributed by atoms with Crippen molar-refractivity contribution < 1.29 is 9.53 Å². The second-order valence-corrected chi connectivity index (χ2v) is 6.55. The Hall–Kier alpha value is -3.09. The number of ether oxygens (including phenoxy) is 1. The summed E-state index contributed by atoms with van der Waals surface area (Å²) in [4.78, 5) is 38.9. The summed E-state index contributed by atoms with van der Waals surface area (Å²) >= 11 is 0. The first-order valence-corrected chi connectivity index (χ1v) is 8.10. The lowest BCUT2D eigenvalue weighted by atomic mass is 9.61. The fraction of sp³-hybridized carbons (Fsp3) is 0.278. The second-order valence-electron chi connectivity index (χ2n) is 6.55. The first kappa shape index (κ1) is 14.3. The third kappa shape index (κ3) is 1.45. The highest BCUT2D eigenvalue weighted by Gasteiger charge is 2.61. The molecule has 2 aromatic rings. The number of nitrogens with zero attached hydrogens (tertiary/aromatic N) is 3. The fourth-order valence-corrected chi connectivity index (χ4v) is 4.36.